The van der Waals surface area contributed by atoms with Crippen LogP contribution in [0.2, 0.25) is 0 Å². The molecule has 0 radical (unpaired) electrons. The lowest BCUT2D eigenvalue weighted by Gasteiger charge is -2.08. The number of hydrogen-bond acceptors (Lipinski definition) is 2. The Labute approximate surface area is 103 Å². The highest BCUT2D eigenvalue weighted by atomic mass is 19.2. The third-order valence-electron chi connectivity index (χ3n) is 2.40. The van der Waals surface area contributed by atoms with Gasteiger partial charge in [-0.05, 0) is 17.7 Å². The first-order valence-electron chi connectivity index (χ1n) is 4.90. The molecular weight excluding hydrogens is 269 g/mol. The van der Waals surface area contributed by atoms with Crippen LogP contribution in [0.25, 0.3) is 11.1 Å². The molecule has 7 heteroatoms. The van der Waals surface area contributed by atoms with Gasteiger partial charge in [0.2, 0.25) is 5.82 Å². The average molecular weight is 273 g/mol. The molecule has 1 aromatic heterocycles. The molecule has 0 bridgehead atoms. The Morgan fingerprint density at radius 1 is 0.895 bits per heavy atom. The summed E-state index contributed by atoms with van der Waals surface area (Å²) in [5.74, 6) is -10.2. The number of benzene rings is 1. The van der Waals surface area contributed by atoms with Crippen LogP contribution in [-0.2, 0) is 0 Å². The van der Waals surface area contributed by atoms with Gasteiger partial charge in [-0.2, -0.15) is 0 Å². The van der Waals surface area contributed by atoms with Crippen LogP contribution in [-0.4, -0.2) is 11.3 Å². The van der Waals surface area contributed by atoms with Crippen molar-refractivity contribution in [2.75, 3.05) is 0 Å². The Morgan fingerprint density at radius 3 is 1.95 bits per heavy atom. The fourth-order valence-electron chi connectivity index (χ4n) is 1.53. The Morgan fingerprint density at radius 2 is 1.42 bits per heavy atom. The Bertz CT molecular complexity index is 642. The highest BCUT2D eigenvalue weighted by Crippen LogP contribution is 2.31. The van der Waals surface area contributed by atoms with Gasteiger partial charge < -0.3 is 0 Å². The monoisotopic (exact) mass is 273 g/mol. The lowest BCUT2D eigenvalue weighted by molar-refractivity contribution is 0.111. The Kier molecular flexibility index (Phi) is 3.28. The molecule has 1 aromatic carbocycles. The number of carbonyl (C=O) groups excluding carboxylic acids is 1. The summed E-state index contributed by atoms with van der Waals surface area (Å²) in [6, 6.07) is 1.95. The molecule has 2 nitrogen and oxygen atoms in total. The zero-order chi connectivity index (χ0) is 14.2. The van der Waals surface area contributed by atoms with Crippen molar-refractivity contribution in [1.29, 1.82) is 0 Å². The highest BCUT2D eigenvalue weighted by Gasteiger charge is 2.26. The maximum atomic E-state index is 13.5. The SMILES string of the molecule is O=Cc1cc(-c2c(F)c(F)c(F)c(F)c2F)ccn1. The molecule has 0 fully saturated rings. The van der Waals surface area contributed by atoms with E-state index in [-0.39, 0.29) is 17.5 Å². The second-order valence-corrected chi connectivity index (χ2v) is 3.53. The number of rotatable bonds is 2. The fraction of sp³-hybridized carbons (Fsp3) is 0. The maximum Gasteiger partial charge on any atom is 0.200 e. The summed E-state index contributed by atoms with van der Waals surface area (Å²) in [5.41, 5.74) is -1.62. The third kappa shape index (κ3) is 2.07. The lowest BCUT2D eigenvalue weighted by atomic mass is 10.0. The van der Waals surface area contributed by atoms with Crippen molar-refractivity contribution >= 4 is 6.29 Å². The number of halogens is 5. The second-order valence-electron chi connectivity index (χ2n) is 3.53. The third-order valence-corrected chi connectivity index (χ3v) is 2.40. The minimum absolute atomic E-state index is 0.193. The Hall–Kier alpha value is -2.31. The van der Waals surface area contributed by atoms with Crippen LogP contribution >= 0.6 is 0 Å². The predicted molar refractivity (Wildman–Crippen MR) is 54.9 cm³/mol. The second kappa shape index (κ2) is 4.75. The summed E-state index contributed by atoms with van der Waals surface area (Å²) in [5, 5.41) is 0. The predicted octanol–water partition coefficient (Wildman–Crippen LogP) is 3.26. The van der Waals surface area contributed by atoms with Gasteiger partial charge in [-0.3, -0.25) is 9.78 Å². The average Bonchev–Trinajstić information content (AvgIpc) is 2.43. The molecule has 0 unspecified atom stereocenters. The number of hydrogen-bond donors (Lipinski definition) is 0. The largest absolute Gasteiger partial charge is 0.296 e. The molecule has 0 atom stereocenters. The van der Waals surface area contributed by atoms with Gasteiger partial charge in [-0.25, -0.2) is 22.0 Å². The summed E-state index contributed by atoms with van der Waals surface area (Å²) in [6.07, 6.45) is 1.31. The van der Waals surface area contributed by atoms with Crippen LogP contribution in [0.15, 0.2) is 18.3 Å². The summed E-state index contributed by atoms with van der Waals surface area (Å²) in [6.45, 7) is 0. The van der Waals surface area contributed by atoms with E-state index in [4.69, 9.17) is 0 Å². The molecule has 0 spiro atoms. The first-order valence-corrected chi connectivity index (χ1v) is 4.90. The van der Waals surface area contributed by atoms with Crippen molar-refractivity contribution in [3.63, 3.8) is 0 Å². The Balaban J connectivity index is 2.78. The van der Waals surface area contributed by atoms with E-state index in [0.717, 1.165) is 18.3 Å². The van der Waals surface area contributed by atoms with Crippen LogP contribution in [0.4, 0.5) is 22.0 Å². The van der Waals surface area contributed by atoms with E-state index in [1.807, 2.05) is 0 Å². The number of pyridine rings is 1. The van der Waals surface area contributed by atoms with Crippen LogP contribution in [0.1, 0.15) is 10.5 Å². The van der Waals surface area contributed by atoms with E-state index in [1.54, 1.807) is 0 Å². The van der Waals surface area contributed by atoms with E-state index in [2.05, 4.69) is 4.98 Å². The van der Waals surface area contributed by atoms with Gasteiger partial charge in [0.1, 0.15) is 5.69 Å². The molecule has 0 saturated heterocycles. The van der Waals surface area contributed by atoms with E-state index >= 15 is 0 Å². The van der Waals surface area contributed by atoms with Gasteiger partial charge in [-0.1, -0.05) is 0 Å². The minimum Gasteiger partial charge on any atom is -0.296 e. The zero-order valence-electron chi connectivity index (χ0n) is 9.05. The standard InChI is InChI=1S/C12H4F5NO/c13-8-7(5-1-2-18-6(3-5)4-19)9(14)11(16)12(17)10(8)15/h1-4H. The summed E-state index contributed by atoms with van der Waals surface area (Å²) in [7, 11) is 0. The molecule has 0 saturated carbocycles. The molecule has 2 rings (SSSR count). The first kappa shape index (κ1) is 13.1. The molecule has 0 amide bonds. The van der Waals surface area contributed by atoms with Gasteiger partial charge in [0.15, 0.2) is 29.6 Å². The van der Waals surface area contributed by atoms with Gasteiger partial charge >= 0.3 is 0 Å². The van der Waals surface area contributed by atoms with Crippen molar-refractivity contribution in [2.24, 2.45) is 0 Å². The van der Waals surface area contributed by atoms with Gasteiger partial charge in [0.05, 0.1) is 5.56 Å². The van der Waals surface area contributed by atoms with Crippen molar-refractivity contribution in [3.8, 4) is 11.1 Å². The van der Waals surface area contributed by atoms with Crippen LogP contribution < -0.4 is 0 Å². The molecule has 0 aliphatic heterocycles. The number of nitrogens with zero attached hydrogens (tertiary/aromatic N) is 1. The van der Waals surface area contributed by atoms with Crippen molar-refractivity contribution < 1.29 is 26.7 Å². The molecular formula is C12H4F5NO. The molecule has 0 N–H and O–H groups in total. The lowest BCUT2D eigenvalue weighted by Crippen LogP contribution is -2.04. The van der Waals surface area contributed by atoms with Crippen molar-refractivity contribution in [2.45, 2.75) is 0 Å². The van der Waals surface area contributed by atoms with E-state index < -0.39 is 34.6 Å². The van der Waals surface area contributed by atoms with Gasteiger partial charge in [0.25, 0.3) is 0 Å². The molecule has 1 heterocycles. The van der Waals surface area contributed by atoms with Crippen molar-refractivity contribution in [3.05, 3.63) is 53.1 Å². The topological polar surface area (TPSA) is 30.0 Å². The highest BCUT2D eigenvalue weighted by molar-refractivity contribution is 5.76. The molecule has 19 heavy (non-hydrogen) atoms. The van der Waals surface area contributed by atoms with Crippen LogP contribution in [0.3, 0.4) is 0 Å². The molecule has 0 aliphatic carbocycles. The number of carbonyl (C=O) groups is 1. The van der Waals surface area contributed by atoms with Crippen molar-refractivity contribution in [1.82, 2.24) is 4.98 Å². The number of aromatic nitrogens is 1. The summed E-state index contributed by atoms with van der Waals surface area (Å²) >= 11 is 0. The van der Waals surface area contributed by atoms with Crippen LogP contribution in [0, 0.1) is 29.1 Å². The van der Waals surface area contributed by atoms with E-state index in [9.17, 15) is 26.7 Å². The zero-order valence-corrected chi connectivity index (χ0v) is 9.05. The van der Waals surface area contributed by atoms with Crippen LogP contribution in [0.5, 0.6) is 0 Å². The van der Waals surface area contributed by atoms with E-state index in [1.165, 1.54) is 0 Å². The fourth-order valence-corrected chi connectivity index (χ4v) is 1.53. The maximum absolute atomic E-state index is 13.5. The summed E-state index contributed by atoms with van der Waals surface area (Å²) < 4.78 is 65.9. The molecule has 0 aliphatic rings. The molecule has 2 aromatic rings. The van der Waals surface area contributed by atoms with Gasteiger partial charge in [0, 0.05) is 6.20 Å². The first-order chi connectivity index (χ1) is 8.97. The normalized spacial score (nSPS) is 10.6. The smallest absolute Gasteiger partial charge is 0.200 e. The summed E-state index contributed by atoms with van der Waals surface area (Å²) in [4.78, 5) is 14.0. The van der Waals surface area contributed by atoms with E-state index in [0.29, 0.717) is 0 Å². The molecule has 98 valence electrons. The van der Waals surface area contributed by atoms with Gasteiger partial charge in [-0.15, -0.1) is 0 Å². The minimum atomic E-state index is -2.23. The quantitative estimate of drug-likeness (QED) is 0.364. The number of aldehydes is 1.